The molecule has 0 rings (SSSR count). The van der Waals surface area contributed by atoms with Gasteiger partial charge in [-0.15, -0.1) is 0 Å². The van der Waals surface area contributed by atoms with Crippen LogP contribution in [0.15, 0.2) is 0 Å². The SMILES string of the molecule is NOCC[C@H](O)[C@@H](O)[C@@H](O)CO. The van der Waals surface area contributed by atoms with Crippen molar-refractivity contribution in [2.75, 3.05) is 13.2 Å². The van der Waals surface area contributed by atoms with Gasteiger partial charge in [0.05, 0.1) is 19.3 Å². The third-order valence-electron chi connectivity index (χ3n) is 1.51. The molecule has 0 spiro atoms. The van der Waals surface area contributed by atoms with E-state index in [-0.39, 0.29) is 13.0 Å². The summed E-state index contributed by atoms with van der Waals surface area (Å²) in [5.41, 5.74) is 0. The normalized spacial score (nSPS) is 18.8. The Morgan fingerprint density at radius 1 is 1.17 bits per heavy atom. The molecule has 0 aromatic heterocycles. The van der Waals surface area contributed by atoms with Crippen molar-refractivity contribution in [1.82, 2.24) is 0 Å². The van der Waals surface area contributed by atoms with Crippen LogP contribution in [0, 0.1) is 0 Å². The Labute approximate surface area is 70.1 Å². The van der Waals surface area contributed by atoms with Gasteiger partial charge in [-0.05, 0) is 0 Å². The number of rotatable bonds is 6. The van der Waals surface area contributed by atoms with E-state index in [2.05, 4.69) is 10.7 Å². The second kappa shape index (κ2) is 6.30. The fourth-order valence-corrected chi connectivity index (χ4v) is 0.724. The second-order valence-corrected chi connectivity index (χ2v) is 2.47. The summed E-state index contributed by atoms with van der Waals surface area (Å²) in [7, 11) is 0. The van der Waals surface area contributed by atoms with Crippen LogP contribution >= 0.6 is 0 Å². The first kappa shape index (κ1) is 11.8. The maximum atomic E-state index is 9.09. The third kappa shape index (κ3) is 3.96. The van der Waals surface area contributed by atoms with E-state index >= 15 is 0 Å². The highest BCUT2D eigenvalue weighted by molar-refractivity contribution is 4.74. The number of aliphatic hydroxyl groups is 4. The molecule has 0 bridgehead atoms. The highest BCUT2D eigenvalue weighted by Crippen LogP contribution is 2.03. The van der Waals surface area contributed by atoms with E-state index in [0.29, 0.717) is 0 Å². The molecule has 0 aliphatic rings. The quantitative estimate of drug-likeness (QED) is 0.286. The molecule has 0 radical (unpaired) electrons. The molecular weight excluding hydrogens is 166 g/mol. The van der Waals surface area contributed by atoms with Crippen molar-refractivity contribution in [1.29, 1.82) is 0 Å². The highest BCUT2D eigenvalue weighted by Gasteiger charge is 2.23. The molecule has 6 N–H and O–H groups in total. The van der Waals surface area contributed by atoms with Gasteiger partial charge in [-0.2, -0.15) is 0 Å². The zero-order chi connectivity index (χ0) is 9.56. The largest absolute Gasteiger partial charge is 0.394 e. The first-order chi connectivity index (χ1) is 5.63. The molecule has 0 aliphatic heterocycles. The molecule has 3 atom stereocenters. The first-order valence-electron chi connectivity index (χ1n) is 3.60. The van der Waals surface area contributed by atoms with Gasteiger partial charge in [0.2, 0.25) is 0 Å². The van der Waals surface area contributed by atoms with Crippen molar-refractivity contribution in [3.8, 4) is 0 Å². The number of nitrogens with two attached hydrogens (primary N) is 1. The molecule has 0 heterocycles. The maximum Gasteiger partial charge on any atom is 0.108 e. The van der Waals surface area contributed by atoms with Crippen molar-refractivity contribution in [2.24, 2.45) is 5.90 Å². The Kier molecular flexibility index (Phi) is 6.17. The van der Waals surface area contributed by atoms with E-state index < -0.39 is 24.9 Å². The van der Waals surface area contributed by atoms with Gasteiger partial charge < -0.3 is 25.3 Å². The third-order valence-corrected chi connectivity index (χ3v) is 1.51. The molecule has 0 aromatic rings. The number of hydrogen-bond acceptors (Lipinski definition) is 6. The zero-order valence-corrected chi connectivity index (χ0v) is 6.63. The fourth-order valence-electron chi connectivity index (χ4n) is 0.724. The van der Waals surface area contributed by atoms with Crippen molar-refractivity contribution < 1.29 is 25.3 Å². The second-order valence-electron chi connectivity index (χ2n) is 2.47. The molecule has 74 valence electrons. The Morgan fingerprint density at radius 2 is 1.75 bits per heavy atom. The van der Waals surface area contributed by atoms with Gasteiger partial charge in [0.1, 0.15) is 12.2 Å². The summed E-state index contributed by atoms with van der Waals surface area (Å²) in [6, 6.07) is 0. The molecule has 6 nitrogen and oxygen atoms in total. The molecule has 0 unspecified atom stereocenters. The van der Waals surface area contributed by atoms with Crippen LogP contribution < -0.4 is 5.90 Å². The summed E-state index contributed by atoms with van der Waals surface area (Å²) < 4.78 is 0. The summed E-state index contributed by atoms with van der Waals surface area (Å²) in [5, 5.41) is 35.4. The summed E-state index contributed by atoms with van der Waals surface area (Å²) >= 11 is 0. The van der Waals surface area contributed by atoms with Gasteiger partial charge in [-0.3, -0.25) is 0 Å². The fraction of sp³-hybridized carbons (Fsp3) is 1.00. The van der Waals surface area contributed by atoms with Crippen molar-refractivity contribution in [3.63, 3.8) is 0 Å². The standard InChI is InChI=1S/C6H15NO5/c7-12-2-1-4(9)6(11)5(10)3-8/h4-6,8-11H,1-3,7H2/t4-,5-,6+/m0/s1. The van der Waals surface area contributed by atoms with Gasteiger partial charge in [-0.25, -0.2) is 5.90 Å². The zero-order valence-electron chi connectivity index (χ0n) is 6.63. The topological polar surface area (TPSA) is 116 Å². The van der Waals surface area contributed by atoms with E-state index in [9.17, 15) is 0 Å². The van der Waals surface area contributed by atoms with Crippen LogP contribution in [-0.2, 0) is 4.84 Å². The highest BCUT2D eigenvalue weighted by atomic mass is 16.6. The average molecular weight is 181 g/mol. The molecule has 0 aliphatic carbocycles. The summed E-state index contributed by atoms with van der Waals surface area (Å²) in [4.78, 5) is 4.16. The molecule has 0 aromatic carbocycles. The van der Waals surface area contributed by atoms with Crippen LogP contribution in [0.1, 0.15) is 6.42 Å². The van der Waals surface area contributed by atoms with Crippen LogP contribution in [0.3, 0.4) is 0 Å². The molecular formula is C6H15NO5. The smallest absolute Gasteiger partial charge is 0.108 e. The first-order valence-corrected chi connectivity index (χ1v) is 3.60. The lowest BCUT2D eigenvalue weighted by Crippen LogP contribution is -2.40. The Bertz CT molecular complexity index is 112. The summed E-state index contributed by atoms with van der Waals surface area (Å²) in [5.74, 6) is 4.68. The van der Waals surface area contributed by atoms with Crippen LogP contribution in [-0.4, -0.2) is 52.0 Å². The minimum atomic E-state index is -1.37. The van der Waals surface area contributed by atoms with Crippen LogP contribution in [0.2, 0.25) is 0 Å². The van der Waals surface area contributed by atoms with E-state index in [1.165, 1.54) is 0 Å². The minimum absolute atomic E-state index is 0.0797. The van der Waals surface area contributed by atoms with E-state index in [1.807, 2.05) is 0 Å². The summed E-state index contributed by atoms with van der Waals surface area (Å²) in [6.45, 7) is -0.516. The molecule has 0 saturated carbocycles. The van der Waals surface area contributed by atoms with E-state index in [1.54, 1.807) is 0 Å². The Balaban J connectivity index is 3.67. The van der Waals surface area contributed by atoms with Crippen LogP contribution in [0.25, 0.3) is 0 Å². The van der Waals surface area contributed by atoms with Gasteiger partial charge in [0, 0.05) is 6.42 Å². The minimum Gasteiger partial charge on any atom is -0.394 e. The molecule has 12 heavy (non-hydrogen) atoms. The van der Waals surface area contributed by atoms with Gasteiger partial charge in [0.15, 0.2) is 0 Å². The lowest BCUT2D eigenvalue weighted by Gasteiger charge is -2.20. The van der Waals surface area contributed by atoms with Gasteiger partial charge in [-0.1, -0.05) is 0 Å². The average Bonchev–Trinajstić information content (AvgIpc) is 2.11. The van der Waals surface area contributed by atoms with E-state index in [0.717, 1.165) is 0 Å². The van der Waals surface area contributed by atoms with Crippen molar-refractivity contribution in [2.45, 2.75) is 24.7 Å². The molecule has 0 amide bonds. The monoisotopic (exact) mass is 181 g/mol. The predicted octanol–water partition coefficient (Wildman–Crippen LogP) is -2.66. The van der Waals surface area contributed by atoms with Gasteiger partial charge >= 0.3 is 0 Å². The van der Waals surface area contributed by atoms with Crippen molar-refractivity contribution in [3.05, 3.63) is 0 Å². The van der Waals surface area contributed by atoms with Crippen LogP contribution in [0.5, 0.6) is 0 Å². The molecule has 6 heteroatoms. The predicted molar refractivity (Wildman–Crippen MR) is 39.9 cm³/mol. The van der Waals surface area contributed by atoms with E-state index in [4.69, 9.17) is 20.4 Å². The molecule has 0 fully saturated rings. The lowest BCUT2D eigenvalue weighted by molar-refractivity contribution is -0.0840. The lowest BCUT2D eigenvalue weighted by atomic mass is 10.1. The maximum absolute atomic E-state index is 9.09. The van der Waals surface area contributed by atoms with Crippen LogP contribution in [0.4, 0.5) is 0 Å². The number of aliphatic hydroxyl groups excluding tert-OH is 4. The Morgan fingerprint density at radius 3 is 2.17 bits per heavy atom. The summed E-state index contributed by atoms with van der Waals surface area (Å²) in [6.07, 6.45) is -3.74. The molecule has 0 saturated heterocycles. The van der Waals surface area contributed by atoms with Gasteiger partial charge in [0.25, 0.3) is 0 Å². The Hall–Kier alpha value is -0.240. The number of hydrogen-bond donors (Lipinski definition) is 5. The van der Waals surface area contributed by atoms with Crippen molar-refractivity contribution >= 4 is 0 Å².